The predicted octanol–water partition coefficient (Wildman–Crippen LogP) is 4.19. The average molecular weight is 474 g/mol. The summed E-state index contributed by atoms with van der Waals surface area (Å²) in [5, 5.41) is 27.7. The minimum Gasteiger partial charge on any atom is -0.492 e. The van der Waals surface area contributed by atoms with E-state index >= 15 is 0 Å². The summed E-state index contributed by atoms with van der Waals surface area (Å²) < 4.78 is 63.2. The minimum absolute atomic E-state index is 0.0170. The van der Waals surface area contributed by atoms with Crippen molar-refractivity contribution in [2.75, 3.05) is 6.61 Å². The van der Waals surface area contributed by atoms with E-state index in [2.05, 4.69) is 10.4 Å². The zero-order chi connectivity index (χ0) is 24.3. The molecule has 0 radical (unpaired) electrons. The van der Waals surface area contributed by atoms with E-state index < -0.39 is 34.9 Å². The van der Waals surface area contributed by atoms with E-state index in [-0.39, 0.29) is 54.1 Å². The first-order chi connectivity index (χ1) is 15.2. The quantitative estimate of drug-likeness (QED) is 0.568. The molecule has 6 nitrogen and oxygen atoms in total. The molecule has 0 spiro atoms. The number of benzene rings is 1. The highest BCUT2D eigenvalue weighted by atomic mass is 19.4. The summed E-state index contributed by atoms with van der Waals surface area (Å²) in [5.74, 6) is -1.10. The summed E-state index contributed by atoms with van der Waals surface area (Å²) in [5.41, 5.74) is -3.26. The molecule has 1 aromatic carbocycles. The normalized spacial score (nSPS) is 32.9. The maximum atomic E-state index is 14.6. The third-order valence-corrected chi connectivity index (χ3v) is 7.04. The highest BCUT2D eigenvalue weighted by Gasteiger charge is 2.44. The number of piperidine rings is 1. The van der Waals surface area contributed by atoms with Crippen molar-refractivity contribution in [1.82, 2.24) is 15.1 Å². The first-order valence-corrected chi connectivity index (χ1v) is 11.3. The molecule has 4 rings (SSSR count). The molecule has 0 unspecified atom stereocenters. The van der Waals surface area contributed by atoms with Gasteiger partial charge in [-0.15, -0.1) is 5.10 Å². The molecule has 3 atom stereocenters. The Morgan fingerprint density at radius 1 is 1.21 bits per heavy atom. The zero-order valence-corrected chi connectivity index (χ0v) is 19.2. The second-order valence-electron chi connectivity index (χ2n) is 10.4. The van der Waals surface area contributed by atoms with Crippen molar-refractivity contribution in [1.29, 1.82) is 0 Å². The van der Waals surface area contributed by atoms with Gasteiger partial charge in [0, 0.05) is 12.1 Å². The van der Waals surface area contributed by atoms with Gasteiger partial charge in [-0.25, -0.2) is 0 Å². The van der Waals surface area contributed by atoms with Crippen LogP contribution in [0.3, 0.4) is 0 Å². The van der Waals surface area contributed by atoms with Gasteiger partial charge in [-0.3, -0.25) is 4.68 Å². The molecule has 1 aromatic heterocycles. The smallest absolute Gasteiger partial charge is 0.418 e. The number of nitrogens with one attached hydrogen (secondary N) is 1. The Bertz CT molecular complexity index is 1030. The van der Waals surface area contributed by atoms with E-state index in [0.717, 1.165) is 10.7 Å². The van der Waals surface area contributed by atoms with Crippen LogP contribution in [0.15, 0.2) is 12.1 Å². The van der Waals surface area contributed by atoms with E-state index in [0.29, 0.717) is 12.8 Å². The minimum atomic E-state index is -4.75. The van der Waals surface area contributed by atoms with E-state index in [1.165, 1.54) is 6.07 Å². The van der Waals surface area contributed by atoms with Crippen molar-refractivity contribution in [3.63, 3.8) is 0 Å². The molecule has 0 bridgehead atoms. The number of aliphatic hydroxyl groups is 2. The third-order valence-electron chi connectivity index (χ3n) is 7.04. The molecule has 1 saturated heterocycles. The molecule has 10 heteroatoms. The lowest BCUT2D eigenvalue weighted by Crippen LogP contribution is -2.56. The Morgan fingerprint density at radius 3 is 2.45 bits per heavy atom. The van der Waals surface area contributed by atoms with Crippen LogP contribution < -0.4 is 10.1 Å². The first kappa shape index (κ1) is 24.2. The van der Waals surface area contributed by atoms with Crippen molar-refractivity contribution >= 4 is 10.9 Å². The van der Waals surface area contributed by atoms with Crippen LogP contribution in [-0.4, -0.2) is 49.9 Å². The second kappa shape index (κ2) is 8.09. The van der Waals surface area contributed by atoms with Gasteiger partial charge < -0.3 is 20.3 Å². The zero-order valence-electron chi connectivity index (χ0n) is 19.2. The van der Waals surface area contributed by atoms with Crippen LogP contribution in [-0.2, 0) is 6.18 Å². The van der Waals surface area contributed by atoms with Crippen molar-refractivity contribution < 1.29 is 32.5 Å². The number of halogens is 4. The van der Waals surface area contributed by atoms with E-state index in [1.807, 2.05) is 20.8 Å². The summed E-state index contributed by atoms with van der Waals surface area (Å²) in [6.45, 7) is 7.42. The fraction of sp³-hybridized carbons (Fsp3) is 0.696. The molecule has 2 aromatic rings. The fourth-order valence-corrected chi connectivity index (χ4v) is 5.24. The average Bonchev–Trinajstić information content (AvgIpc) is 2.98. The van der Waals surface area contributed by atoms with E-state index in [4.69, 9.17) is 4.74 Å². The Labute approximate surface area is 189 Å². The highest BCUT2D eigenvalue weighted by Crippen LogP contribution is 2.45. The molecular formula is C23H31F4N3O3. The molecule has 1 aliphatic heterocycles. The predicted molar refractivity (Wildman–Crippen MR) is 114 cm³/mol. The van der Waals surface area contributed by atoms with E-state index in [1.54, 1.807) is 6.92 Å². The number of fused-ring (bicyclic) bond motifs is 1. The van der Waals surface area contributed by atoms with Crippen LogP contribution in [0.4, 0.5) is 17.6 Å². The van der Waals surface area contributed by atoms with Crippen LogP contribution in [0.5, 0.6) is 5.75 Å². The molecule has 1 saturated carbocycles. The molecule has 1 aliphatic carbocycles. The summed E-state index contributed by atoms with van der Waals surface area (Å²) in [7, 11) is 0. The Hall–Kier alpha value is -1.91. The van der Waals surface area contributed by atoms with Gasteiger partial charge in [0.25, 0.3) is 0 Å². The van der Waals surface area contributed by atoms with Crippen molar-refractivity contribution in [2.45, 2.75) is 88.9 Å². The summed E-state index contributed by atoms with van der Waals surface area (Å²) in [4.78, 5) is 0. The number of hydrogen-bond acceptors (Lipinski definition) is 5. The van der Waals surface area contributed by atoms with Gasteiger partial charge in [0.05, 0.1) is 33.7 Å². The lowest BCUT2D eigenvalue weighted by molar-refractivity contribution is -0.136. The summed E-state index contributed by atoms with van der Waals surface area (Å²) in [6, 6.07) is 1.35. The number of hydrogen-bond donors (Lipinski definition) is 3. The fourth-order valence-electron chi connectivity index (χ4n) is 5.24. The lowest BCUT2D eigenvalue weighted by Gasteiger charge is -2.43. The van der Waals surface area contributed by atoms with Crippen LogP contribution in [0.2, 0.25) is 0 Å². The lowest BCUT2D eigenvalue weighted by atomic mass is 9.77. The maximum absolute atomic E-state index is 14.6. The number of nitrogens with zero attached hydrogens (tertiary/aromatic N) is 2. The van der Waals surface area contributed by atoms with E-state index in [9.17, 15) is 27.8 Å². The largest absolute Gasteiger partial charge is 0.492 e. The topological polar surface area (TPSA) is 79.5 Å². The molecule has 0 amide bonds. The number of ether oxygens (including phenoxy) is 1. The monoisotopic (exact) mass is 473 g/mol. The Balaban J connectivity index is 1.62. The van der Waals surface area contributed by atoms with Crippen LogP contribution >= 0.6 is 0 Å². The molecule has 2 aliphatic rings. The van der Waals surface area contributed by atoms with Gasteiger partial charge in [-0.1, -0.05) is 13.8 Å². The maximum Gasteiger partial charge on any atom is 0.418 e. The SMILES string of the molecule is CC(C)[C@@]1(O)C[C@@H](COc2cc(C(F)(F)F)c3c(c2)c(F)nn3C2CC(C)(O)C2)N[C@@H](C)C1. The molecule has 33 heavy (non-hydrogen) atoms. The van der Waals surface area contributed by atoms with Crippen LogP contribution in [0.1, 0.15) is 65.0 Å². The van der Waals surface area contributed by atoms with Crippen molar-refractivity contribution in [3.05, 3.63) is 23.6 Å². The van der Waals surface area contributed by atoms with Gasteiger partial charge in [-0.05, 0) is 57.6 Å². The molecule has 2 fully saturated rings. The van der Waals surface area contributed by atoms with Gasteiger partial charge in [0.2, 0.25) is 5.95 Å². The molecule has 2 heterocycles. The Morgan fingerprint density at radius 2 is 1.88 bits per heavy atom. The number of rotatable bonds is 5. The first-order valence-electron chi connectivity index (χ1n) is 11.3. The van der Waals surface area contributed by atoms with Gasteiger partial charge >= 0.3 is 6.18 Å². The van der Waals surface area contributed by atoms with Gasteiger partial charge in [-0.2, -0.15) is 17.6 Å². The second-order valence-corrected chi connectivity index (χ2v) is 10.4. The standard InChI is InChI=1S/C23H31F4N3O3/c1-12(2)22(32)7-13(3)28-14(8-22)11-33-16-5-17-19(18(6-16)23(25,26)27)30(29-20(17)24)15-9-21(4,31)10-15/h5-6,12-15,28,31-32H,7-11H2,1-4H3/t13-,14-,15?,21?,22-/m0/s1. The van der Waals surface area contributed by atoms with Crippen LogP contribution in [0, 0.1) is 11.9 Å². The summed E-state index contributed by atoms with van der Waals surface area (Å²) in [6.07, 6.45) is -3.38. The molecular weight excluding hydrogens is 442 g/mol. The number of alkyl halides is 3. The Kier molecular flexibility index (Phi) is 5.94. The third kappa shape index (κ3) is 4.70. The molecule has 184 valence electrons. The molecule has 3 N–H and O–H groups in total. The van der Waals surface area contributed by atoms with Gasteiger partial charge in [0.15, 0.2) is 0 Å². The highest BCUT2D eigenvalue weighted by molar-refractivity contribution is 5.85. The number of aromatic nitrogens is 2. The van der Waals surface area contributed by atoms with Crippen LogP contribution in [0.25, 0.3) is 10.9 Å². The van der Waals surface area contributed by atoms with Crippen molar-refractivity contribution in [3.8, 4) is 5.75 Å². The van der Waals surface area contributed by atoms with Gasteiger partial charge in [0.1, 0.15) is 12.4 Å². The van der Waals surface area contributed by atoms with Crippen molar-refractivity contribution in [2.24, 2.45) is 5.92 Å². The summed E-state index contributed by atoms with van der Waals surface area (Å²) >= 11 is 0.